The van der Waals surface area contributed by atoms with Crippen molar-refractivity contribution in [2.75, 3.05) is 19.6 Å². The summed E-state index contributed by atoms with van der Waals surface area (Å²) in [6.45, 7) is 4.34. The van der Waals surface area contributed by atoms with Crippen molar-refractivity contribution < 1.29 is 13.5 Å². The van der Waals surface area contributed by atoms with Gasteiger partial charge < -0.3 is 10.4 Å². The molecule has 0 heterocycles. The minimum atomic E-state index is -3.54. The highest BCUT2D eigenvalue weighted by atomic mass is 32.2. The van der Waals surface area contributed by atoms with Gasteiger partial charge in [0.15, 0.2) is 5.25 Å². The Morgan fingerprint density at radius 3 is 2.50 bits per heavy atom. The Morgan fingerprint density at radius 2 is 2.06 bits per heavy atom. The highest BCUT2D eigenvalue weighted by Crippen LogP contribution is 2.01. The molecular weight excluding hydrogens is 230 g/mol. The molecule has 2 atom stereocenters. The molecule has 0 aliphatic carbocycles. The van der Waals surface area contributed by atoms with Gasteiger partial charge in [0.2, 0.25) is 10.0 Å². The molecule has 0 saturated heterocycles. The van der Waals surface area contributed by atoms with Crippen LogP contribution in [0.5, 0.6) is 0 Å². The second kappa shape index (κ2) is 7.57. The van der Waals surface area contributed by atoms with E-state index in [0.29, 0.717) is 13.1 Å². The van der Waals surface area contributed by atoms with Crippen LogP contribution in [0.1, 0.15) is 20.3 Å². The van der Waals surface area contributed by atoms with Crippen molar-refractivity contribution in [1.29, 1.82) is 5.26 Å². The lowest BCUT2D eigenvalue weighted by atomic mass is 10.4. The molecule has 0 fully saturated rings. The molecule has 0 spiro atoms. The minimum absolute atomic E-state index is 0.216. The summed E-state index contributed by atoms with van der Waals surface area (Å²) in [6.07, 6.45) is -0.188. The lowest BCUT2D eigenvalue weighted by molar-refractivity contribution is 0.192. The first kappa shape index (κ1) is 15.3. The number of aliphatic hydroxyl groups excluding tert-OH is 1. The molecule has 6 nitrogen and oxygen atoms in total. The molecule has 3 N–H and O–H groups in total. The van der Waals surface area contributed by atoms with E-state index in [1.165, 1.54) is 0 Å². The van der Waals surface area contributed by atoms with Crippen LogP contribution >= 0.6 is 0 Å². The summed E-state index contributed by atoms with van der Waals surface area (Å²) in [5.74, 6) is 0. The van der Waals surface area contributed by atoms with Crippen LogP contribution in [0.25, 0.3) is 0 Å². The summed E-state index contributed by atoms with van der Waals surface area (Å²) in [5.41, 5.74) is 0. The summed E-state index contributed by atoms with van der Waals surface area (Å²) in [5, 5.41) is 19.4. The molecule has 0 aromatic carbocycles. The minimum Gasteiger partial charge on any atom is -0.392 e. The smallest absolute Gasteiger partial charge is 0.228 e. The summed E-state index contributed by atoms with van der Waals surface area (Å²) < 4.78 is 25.3. The maximum absolute atomic E-state index is 11.5. The third-order valence-electron chi connectivity index (χ3n) is 1.93. The fraction of sp³-hybridized carbons (Fsp3) is 0.889. The lowest BCUT2D eigenvalue weighted by Gasteiger charge is -2.11. The molecule has 2 unspecified atom stereocenters. The molecule has 94 valence electrons. The Morgan fingerprint density at radius 1 is 1.44 bits per heavy atom. The van der Waals surface area contributed by atoms with Crippen molar-refractivity contribution in [2.45, 2.75) is 31.6 Å². The molecule has 0 bridgehead atoms. The zero-order valence-electron chi connectivity index (χ0n) is 9.60. The van der Waals surface area contributed by atoms with E-state index in [2.05, 4.69) is 10.0 Å². The normalized spacial score (nSPS) is 15.4. The SMILES string of the molecule is CCC(C#N)S(=O)(=O)NCCNCC(C)O. The van der Waals surface area contributed by atoms with Crippen LogP contribution in [0, 0.1) is 11.3 Å². The van der Waals surface area contributed by atoms with E-state index >= 15 is 0 Å². The first-order valence-corrected chi connectivity index (χ1v) is 6.75. The molecule has 0 saturated carbocycles. The number of nitrogens with one attached hydrogen (secondary N) is 2. The number of rotatable bonds is 8. The van der Waals surface area contributed by atoms with Crippen LogP contribution in [0.3, 0.4) is 0 Å². The van der Waals surface area contributed by atoms with Crippen LogP contribution in [-0.4, -0.2) is 44.5 Å². The van der Waals surface area contributed by atoms with E-state index < -0.39 is 21.4 Å². The van der Waals surface area contributed by atoms with Crippen molar-refractivity contribution in [1.82, 2.24) is 10.0 Å². The number of sulfonamides is 1. The molecule has 16 heavy (non-hydrogen) atoms. The lowest BCUT2D eigenvalue weighted by Crippen LogP contribution is -2.38. The van der Waals surface area contributed by atoms with Gasteiger partial charge in [-0.2, -0.15) is 5.26 Å². The van der Waals surface area contributed by atoms with Crippen LogP contribution in [0.4, 0.5) is 0 Å². The van der Waals surface area contributed by atoms with E-state index in [9.17, 15) is 8.42 Å². The summed E-state index contributed by atoms with van der Waals surface area (Å²) >= 11 is 0. The van der Waals surface area contributed by atoms with Gasteiger partial charge in [-0.3, -0.25) is 0 Å². The van der Waals surface area contributed by atoms with E-state index in [4.69, 9.17) is 10.4 Å². The highest BCUT2D eigenvalue weighted by molar-refractivity contribution is 7.90. The number of hydrogen-bond donors (Lipinski definition) is 3. The monoisotopic (exact) mass is 249 g/mol. The zero-order valence-corrected chi connectivity index (χ0v) is 10.4. The molecule has 0 rings (SSSR count). The first-order valence-electron chi connectivity index (χ1n) is 5.21. The second-order valence-corrected chi connectivity index (χ2v) is 5.47. The van der Waals surface area contributed by atoms with Crippen molar-refractivity contribution in [3.05, 3.63) is 0 Å². The zero-order chi connectivity index (χ0) is 12.6. The van der Waals surface area contributed by atoms with Gasteiger partial charge in [0, 0.05) is 19.6 Å². The Bertz CT molecular complexity index is 321. The van der Waals surface area contributed by atoms with Gasteiger partial charge in [-0.05, 0) is 13.3 Å². The Kier molecular flexibility index (Phi) is 7.25. The van der Waals surface area contributed by atoms with Crippen LogP contribution in [-0.2, 0) is 10.0 Å². The molecular formula is C9H19N3O3S. The number of aliphatic hydroxyl groups is 1. The van der Waals surface area contributed by atoms with Crippen molar-refractivity contribution in [2.24, 2.45) is 0 Å². The number of nitrogens with zero attached hydrogens (tertiary/aromatic N) is 1. The molecule has 0 aliphatic rings. The number of hydrogen-bond acceptors (Lipinski definition) is 5. The number of nitriles is 1. The molecule has 0 radical (unpaired) electrons. The molecule has 0 amide bonds. The average Bonchev–Trinajstić information content (AvgIpc) is 2.17. The largest absolute Gasteiger partial charge is 0.392 e. The van der Waals surface area contributed by atoms with Gasteiger partial charge in [0.1, 0.15) is 0 Å². The molecule has 0 aromatic rings. The predicted octanol–water partition coefficient (Wildman–Crippen LogP) is -0.822. The molecule has 0 aliphatic heterocycles. The first-order chi connectivity index (χ1) is 7.44. The fourth-order valence-corrected chi connectivity index (χ4v) is 2.24. The maximum atomic E-state index is 11.5. The van der Waals surface area contributed by atoms with Gasteiger partial charge in [-0.1, -0.05) is 6.92 Å². The summed E-state index contributed by atoms with van der Waals surface area (Å²) in [4.78, 5) is 0. The fourth-order valence-electron chi connectivity index (χ4n) is 1.07. The van der Waals surface area contributed by atoms with E-state index in [-0.39, 0.29) is 13.0 Å². The standard InChI is InChI=1S/C9H19N3O3S/c1-3-9(6-10)16(14,15)12-5-4-11-7-8(2)13/h8-9,11-13H,3-5,7H2,1-2H3. The Hall–Kier alpha value is -0.680. The van der Waals surface area contributed by atoms with Crippen molar-refractivity contribution in [3.8, 4) is 6.07 Å². The maximum Gasteiger partial charge on any atom is 0.228 e. The van der Waals surface area contributed by atoms with Gasteiger partial charge in [0.05, 0.1) is 12.2 Å². The van der Waals surface area contributed by atoms with E-state index in [0.717, 1.165) is 0 Å². The third kappa shape index (κ3) is 6.02. The van der Waals surface area contributed by atoms with Gasteiger partial charge in [-0.25, -0.2) is 13.1 Å². The third-order valence-corrected chi connectivity index (χ3v) is 3.73. The van der Waals surface area contributed by atoms with Crippen molar-refractivity contribution in [3.63, 3.8) is 0 Å². The van der Waals surface area contributed by atoms with Crippen LogP contribution in [0.15, 0.2) is 0 Å². The summed E-state index contributed by atoms with van der Waals surface area (Å²) in [7, 11) is -3.54. The molecule has 7 heteroatoms. The predicted molar refractivity (Wildman–Crippen MR) is 61.2 cm³/mol. The highest BCUT2D eigenvalue weighted by Gasteiger charge is 2.22. The average molecular weight is 249 g/mol. The Balaban J connectivity index is 3.89. The van der Waals surface area contributed by atoms with Crippen LogP contribution < -0.4 is 10.0 Å². The van der Waals surface area contributed by atoms with Gasteiger partial charge in [0.25, 0.3) is 0 Å². The van der Waals surface area contributed by atoms with Gasteiger partial charge in [-0.15, -0.1) is 0 Å². The van der Waals surface area contributed by atoms with Crippen molar-refractivity contribution >= 4 is 10.0 Å². The Labute approximate surface area is 96.7 Å². The van der Waals surface area contributed by atoms with E-state index in [1.54, 1.807) is 19.9 Å². The van der Waals surface area contributed by atoms with Crippen LogP contribution in [0.2, 0.25) is 0 Å². The second-order valence-electron chi connectivity index (χ2n) is 3.52. The summed E-state index contributed by atoms with van der Waals surface area (Å²) in [6, 6.07) is 1.74. The topological polar surface area (TPSA) is 102 Å². The van der Waals surface area contributed by atoms with E-state index in [1.807, 2.05) is 0 Å². The molecule has 0 aromatic heterocycles. The van der Waals surface area contributed by atoms with Gasteiger partial charge >= 0.3 is 0 Å². The quantitative estimate of drug-likeness (QED) is 0.488.